The first-order valence-electron chi connectivity index (χ1n) is 6.12. The molecule has 1 fully saturated rings. The molecular formula is C12H21N3S. The molecule has 0 amide bonds. The number of aromatic nitrogens is 1. The summed E-state index contributed by atoms with van der Waals surface area (Å²) < 4.78 is 0. The number of hydrogen-bond acceptors (Lipinski definition) is 4. The van der Waals surface area contributed by atoms with Gasteiger partial charge in [-0.3, -0.25) is 9.88 Å². The number of likely N-dealkylation sites (tertiary alicyclic amines) is 1. The molecule has 1 N–H and O–H groups in total. The van der Waals surface area contributed by atoms with Crippen LogP contribution in [0.2, 0.25) is 0 Å². The number of piperidine rings is 1. The summed E-state index contributed by atoms with van der Waals surface area (Å²) >= 11 is 1.79. The van der Waals surface area contributed by atoms with E-state index in [0.717, 1.165) is 19.0 Å². The van der Waals surface area contributed by atoms with Gasteiger partial charge in [0.1, 0.15) is 0 Å². The Labute approximate surface area is 102 Å². The minimum atomic E-state index is 0.570. The maximum absolute atomic E-state index is 4.22. The molecule has 0 radical (unpaired) electrons. The molecule has 2 heterocycles. The Morgan fingerprint density at radius 2 is 2.50 bits per heavy atom. The summed E-state index contributed by atoms with van der Waals surface area (Å²) in [7, 11) is 2.24. The van der Waals surface area contributed by atoms with Gasteiger partial charge >= 0.3 is 0 Å². The Morgan fingerprint density at radius 1 is 1.62 bits per heavy atom. The van der Waals surface area contributed by atoms with Gasteiger partial charge in [0, 0.05) is 17.1 Å². The molecule has 0 spiro atoms. The van der Waals surface area contributed by atoms with Crippen LogP contribution in [0.15, 0.2) is 11.7 Å². The van der Waals surface area contributed by atoms with Crippen molar-refractivity contribution in [3.05, 3.63) is 16.6 Å². The van der Waals surface area contributed by atoms with Gasteiger partial charge < -0.3 is 5.32 Å². The fraction of sp³-hybridized carbons (Fsp3) is 0.750. The third-order valence-electron chi connectivity index (χ3n) is 3.41. The SMILES string of the molecule is CCNCC1CCCN(C)C1c1cncs1. The van der Waals surface area contributed by atoms with Crippen LogP contribution in [-0.2, 0) is 0 Å². The molecule has 3 nitrogen and oxygen atoms in total. The molecule has 90 valence electrons. The van der Waals surface area contributed by atoms with E-state index >= 15 is 0 Å². The molecule has 1 aromatic heterocycles. The van der Waals surface area contributed by atoms with E-state index in [4.69, 9.17) is 0 Å². The van der Waals surface area contributed by atoms with Crippen molar-refractivity contribution in [3.8, 4) is 0 Å². The Balaban J connectivity index is 2.08. The summed E-state index contributed by atoms with van der Waals surface area (Å²) in [5.74, 6) is 0.735. The van der Waals surface area contributed by atoms with Crippen molar-refractivity contribution < 1.29 is 0 Å². The lowest BCUT2D eigenvalue weighted by Gasteiger charge is -2.38. The van der Waals surface area contributed by atoms with Crippen molar-refractivity contribution >= 4 is 11.3 Å². The van der Waals surface area contributed by atoms with Gasteiger partial charge in [0.05, 0.1) is 5.51 Å². The molecule has 1 aliphatic heterocycles. The normalized spacial score (nSPS) is 27.1. The van der Waals surface area contributed by atoms with E-state index in [1.54, 1.807) is 11.3 Å². The molecule has 0 aliphatic carbocycles. The molecule has 0 bridgehead atoms. The van der Waals surface area contributed by atoms with E-state index in [1.807, 2.05) is 11.7 Å². The lowest BCUT2D eigenvalue weighted by Crippen LogP contribution is -2.40. The largest absolute Gasteiger partial charge is 0.317 e. The molecule has 1 aliphatic rings. The van der Waals surface area contributed by atoms with Crippen molar-refractivity contribution in [3.63, 3.8) is 0 Å². The first-order valence-corrected chi connectivity index (χ1v) is 7.00. The second-order valence-electron chi connectivity index (χ2n) is 4.54. The average Bonchev–Trinajstić information content (AvgIpc) is 2.79. The Kier molecular flexibility index (Phi) is 4.32. The van der Waals surface area contributed by atoms with Crippen LogP contribution in [0.25, 0.3) is 0 Å². The van der Waals surface area contributed by atoms with Crippen LogP contribution in [0, 0.1) is 5.92 Å². The zero-order valence-electron chi connectivity index (χ0n) is 10.1. The lowest BCUT2D eigenvalue weighted by atomic mass is 9.88. The Hall–Kier alpha value is -0.450. The van der Waals surface area contributed by atoms with E-state index in [0.29, 0.717) is 6.04 Å². The maximum atomic E-state index is 4.22. The third-order valence-corrected chi connectivity index (χ3v) is 4.25. The summed E-state index contributed by atoms with van der Waals surface area (Å²) in [4.78, 5) is 8.12. The second-order valence-corrected chi connectivity index (χ2v) is 5.46. The first-order chi connectivity index (χ1) is 7.83. The number of hydrogen-bond donors (Lipinski definition) is 1. The van der Waals surface area contributed by atoms with Crippen LogP contribution in [0.5, 0.6) is 0 Å². The molecule has 4 heteroatoms. The highest BCUT2D eigenvalue weighted by atomic mass is 32.1. The molecule has 2 unspecified atom stereocenters. The van der Waals surface area contributed by atoms with E-state index in [9.17, 15) is 0 Å². The summed E-state index contributed by atoms with van der Waals surface area (Å²) in [5, 5.41) is 3.49. The highest BCUT2D eigenvalue weighted by Gasteiger charge is 2.30. The van der Waals surface area contributed by atoms with Gasteiger partial charge in [-0.05, 0) is 45.4 Å². The standard InChI is InChI=1S/C12H21N3S/c1-3-13-7-10-5-4-6-15(2)12(10)11-8-14-9-16-11/h8-10,12-13H,3-7H2,1-2H3. The topological polar surface area (TPSA) is 28.2 Å². The average molecular weight is 239 g/mol. The first kappa shape index (κ1) is 12.0. The molecule has 0 aromatic carbocycles. The quantitative estimate of drug-likeness (QED) is 0.872. The van der Waals surface area contributed by atoms with E-state index in [1.165, 1.54) is 24.3 Å². The van der Waals surface area contributed by atoms with Gasteiger partial charge in [0.2, 0.25) is 0 Å². The van der Waals surface area contributed by atoms with E-state index in [2.05, 4.69) is 29.2 Å². The number of nitrogens with one attached hydrogen (secondary N) is 1. The zero-order valence-corrected chi connectivity index (χ0v) is 11.0. The molecular weight excluding hydrogens is 218 g/mol. The minimum Gasteiger partial charge on any atom is -0.317 e. The molecule has 2 rings (SSSR count). The summed E-state index contributed by atoms with van der Waals surface area (Å²) in [6.07, 6.45) is 4.69. The van der Waals surface area contributed by atoms with Crippen LogP contribution in [-0.4, -0.2) is 36.6 Å². The fourth-order valence-corrected chi connectivity index (χ4v) is 3.50. The summed E-state index contributed by atoms with van der Waals surface area (Å²) in [5.41, 5.74) is 1.95. The smallest absolute Gasteiger partial charge is 0.0794 e. The monoisotopic (exact) mass is 239 g/mol. The molecule has 0 saturated carbocycles. The van der Waals surface area contributed by atoms with Crippen LogP contribution in [0.4, 0.5) is 0 Å². The second kappa shape index (κ2) is 5.75. The van der Waals surface area contributed by atoms with Crippen molar-refractivity contribution in [1.82, 2.24) is 15.2 Å². The van der Waals surface area contributed by atoms with Gasteiger partial charge in [-0.1, -0.05) is 6.92 Å². The van der Waals surface area contributed by atoms with E-state index in [-0.39, 0.29) is 0 Å². The van der Waals surface area contributed by atoms with Crippen LogP contribution >= 0.6 is 11.3 Å². The highest BCUT2D eigenvalue weighted by Crippen LogP contribution is 2.36. The van der Waals surface area contributed by atoms with Gasteiger partial charge in [-0.2, -0.15) is 0 Å². The van der Waals surface area contributed by atoms with Crippen molar-refractivity contribution in [2.24, 2.45) is 5.92 Å². The fourth-order valence-electron chi connectivity index (χ4n) is 2.62. The van der Waals surface area contributed by atoms with Crippen molar-refractivity contribution in [1.29, 1.82) is 0 Å². The van der Waals surface area contributed by atoms with Gasteiger partial charge in [0.25, 0.3) is 0 Å². The summed E-state index contributed by atoms with van der Waals surface area (Å²) in [6.45, 7) is 5.58. The number of thiazole rings is 1. The predicted molar refractivity (Wildman–Crippen MR) is 68.8 cm³/mol. The van der Waals surface area contributed by atoms with E-state index < -0.39 is 0 Å². The third kappa shape index (κ3) is 2.62. The highest BCUT2D eigenvalue weighted by molar-refractivity contribution is 7.09. The van der Waals surface area contributed by atoms with Crippen molar-refractivity contribution in [2.45, 2.75) is 25.8 Å². The zero-order chi connectivity index (χ0) is 11.4. The van der Waals surface area contributed by atoms with Crippen LogP contribution in [0.1, 0.15) is 30.7 Å². The minimum absolute atomic E-state index is 0.570. The predicted octanol–water partition coefficient (Wildman–Crippen LogP) is 2.14. The van der Waals surface area contributed by atoms with Crippen molar-refractivity contribution in [2.75, 3.05) is 26.7 Å². The molecule has 1 saturated heterocycles. The maximum Gasteiger partial charge on any atom is 0.0794 e. The lowest BCUT2D eigenvalue weighted by molar-refractivity contribution is 0.122. The van der Waals surface area contributed by atoms with Crippen LogP contribution in [0.3, 0.4) is 0 Å². The number of nitrogens with zero attached hydrogens (tertiary/aromatic N) is 2. The number of rotatable bonds is 4. The van der Waals surface area contributed by atoms with Gasteiger partial charge in [0.15, 0.2) is 0 Å². The molecule has 16 heavy (non-hydrogen) atoms. The van der Waals surface area contributed by atoms with Gasteiger partial charge in [-0.25, -0.2) is 0 Å². The van der Waals surface area contributed by atoms with Crippen LogP contribution < -0.4 is 5.32 Å². The summed E-state index contributed by atoms with van der Waals surface area (Å²) in [6, 6.07) is 0.570. The molecule has 1 aromatic rings. The van der Waals surface area contributed by atoms with Gasteiger partial charge in [-0.15, -0.1) is 11.3 Å². The molecule has 2 atom stereocenters. The Morgan fingerprint density at radius 3 is 3.19 bits per heavy atom. The Bertz CT molecular complexity index is 299.